The number of carbonyl (C=O) groups is 1. The molecule has 0 radical (unpaired) electrons. The number of nitrogens with zero attached hydrogens (tertiary/aromatic N) is 1. The van der Waals surface area contributed by atoms with E-state index in [0.29, 0.717) is 25.1 Å². The minimum atomic E-state index is -0.376. The zero-order valence-electron chi connectivity index (χ0n) is 10.9. The summed E-state index contributed by atoms with van der Waals surface area (Å²) < 4.78 is 0. The smallest absolute Gasteiger partial charge is 0.256 e. The number of benzene rings is 1. The molecule has 0 saturated carbocycles. The number of carbonyl (C=O) groups excluding carboxylic acids is 1. The number of anilines is 1. The summed E-state index contributed by atoms with van der Waals surface area (Å²) in [4.78, 5) is 14.1. The van der Waals surface area contributed by atoms with Gasteiger partial charge in [-0.1, -0.05) is 12.1 Å². The van der Waals surface area contributed by atoms with Crippen molar-refractivity contribution in [2.45, 2.75) is 32.4 Å². The van der Waals surface area contributed by atoms with E-state index in [1.54, 1.807) is 4.90 Å². The standard InChI is InChI=1S/C14H20N2O2/c1-10(2)15-13-6-4-3-5-12(13)14(18)16-8-7-11(17)9-16/h3-6,10-11,15,17H,7-9H2,1-2H3/t11-/m1/s1. The van der Waals surface area contributed by atoms with Crippen LogP contribution in [0.15, 0.2) is 24.3 Å². The molecule has 2 rings (SSSR count). The Morgan fingerprint density at radius 3 is 2.78 bits per heavy atom. The van der Waals surface area contributed by atoms with Gasteiger partial charge in [0.15, 0.2) is 0 Å². The molecule has 1 atom stereocenters. The summed E-state index contributed by atoms with van der Waals surface area (Å²) in [6.45, 7) is 5.16. The van der Waals surface area contributed by atoms with Crippen LogP contribution in [-0.2, 0) is 0 Å². The first-order valence-electron chi connectivity index (χ1n) is 6.41. The average Bonchev–Trinajstić information content (AvgIpc) is 2.75. The van der Waals surface area contributed by atoms with Crippen LogP contribution >= 0.6 is 0 Å². The van der Waals surface area contributed by atoms with Crippen molar-refractivity contribution in [2.24, 2.45) is 0 Å². The molecule has 4 heteroatoms. The highest BCUT2D eigenvalue weighted by molar-refractivity contribution is 5.99. The second-order valence-corrected chi connectivity index (χ2v) is 5.04. The van der Waals surface area contributed by atoms with Gasteiger partial charge in [-0.25, -0.2) is 0 Å². The first kappa shape index (κ1) is 12.9. The van der Waals surface area contributed by atoms with E-state index in [4.69, 9.17) is 0 Å². The molecule has 1 aromatic rings. The van der Waals surface area contributed by atoms with Gasteiger partial charge in [0.1, 0.15) is 0 Å². The van der Waals surface area contributed by atoms with Gasteiger partial charge >= 0.3 is 0 Å². The van der Waals surface area contributed by atoms with Crippen LogP contribution in [0.4, 0.5) is 5.69 Å². The van der Waals surface area contributed by atoms with E-state index in [1.165, 1.54) is 0 Å². The molecule has 0 aromatic heterocycles. The molecule has 98 valence electrons. The zero-order chi connectivity index (χ0) is 13.1. The SMILES string of the molecule is CC(C)Nc1ccccc1C(=O)N1CC[C@@H](O)C1. The largest absolute Gasteiger partial charge is 0.391 e. The Morgan fingerprint density at radius 2 is 2.17 bits per heavy atom. The number of amides is 1. The normalized spacial score (nSPS) is 19.3. The maximum absolute atomic E-state index is 12.4. The summed E-state index contributed by atoms with van der Waals surface area (Å²) in [7, 11) is 0. The molecule has 1 aliphatic rings. The number of β-amino-alcohol motifs (C(OH)–C–C–N with tert-alkyl or cyclic N) is 1. The third-order valence-corrected chi connectivity index (χ3v) is 3.05. The van der Waals surface area contributed by atoms with Crippen molar-refractivity contribution in [1.82, 2.24) is 4.90 Å². The first-order valence-corrected chi connectivity index (χ1v) is 6.41. The number of likely N-dealkylation sites (tertiary alicyclic amines) is 1. The van der Waals surface area contributed by atoms with E-state index in [0.717, 1.165) is 5.69 Å². The molecular weight excluding hydrogens is 228 g/mol. The van der Waals surface area contributed by atoms with Crippen molar-refractivity contribution >= 4 is 11.6 Å². The summed E-state index contributed by atoms with van der Waals surface area (Å²) in [6, 6.07) is 7.81. The van der Waals surface area contributed by atoms with Gasteiger partial charge in [0.25, 0.3) is 5.91 Å². The summed E-state index contributed by atoms with van der Waals surface area (Å²) in [6.07, 6.45) is 0.296. The van der Waals surface area contributed by atoms with Crippen molar-refractivity contribution in [1.29, 1.82) is 0 Å². The molecule has 0 spiro atoms. The third-order valence-electron chi connectivity index (χ3n) is 3.05. The fraction of sp³-hybridized carbons (Fsp3) is 0.500. The van der Waals surface area contributed by atoms with Crippen LogP contribution in [-0.4, -0.2) is 41.1 Å². The average molecular weight is 248 g/mol. The van der Waals surface area contributed by atoms with E-state index in [-0.39, 0.29) is 18.1 Å². The predicted molar refractivity (Wildman–Crippen MR) is 71.7 cm³/mol. The number of nitrogens with one attached hydrogen (secondary N) is 1. The van der Waals surface area contributed by atoms with Crippen molar-refractivity contribution < 1.29 is 9.90 Å². The third kappa shape index (κ3) is 2.82. The Kier molecular flexibility index (Phi) is 3.87. The Hall–Kier alpha value is -1.55. The quantitative estimate of drug-likeness (QED) is 0.856. The Balaban J connectivity index is 2.19. The molecule has 0 aliphatic carbocycles. The summed E-state index contributed by atoms with van der Waals surface area (Å²) >= 11 is 0. The molecule has 0 bridgehead atoms. The highest BCUT2D eigenvalue weighted by Crippen LogP contribution is 2.20. The Bertz CT molecular complexity index is 432. The maximum Gasteiger partial charge on any atom is 0.256 e. The van der Waals surface area contributed by atoms with Gasteiger partial charge in [-0.15, -0.1) is 0 Å². The van der Waals surface area contributed by atoms with E-state index in [9.17, 15) is 9.90 Å². The maximum atomic E-state index is 12.4. The number of aliphatic hydroxyl groups excluding tert-OH is 1. The zero-order valence-corrected chi connectivity index (χ0v) is 10.9. The van der Waals surface area contributed by atoms with Gasteiger partial charge < -0.3 is 15.3 Å². The number of aliphatic hydroxyl groups is 1. The Morgan fingerprint density at radius 1 is 1.44 bits per heavy atom. The lowest BCUT2D eigenvalue weighted by Gasteiger charge is -2.19. The molecule has 1 amide bonds. The van der Waals surface area contributed by atoms with Gasteiger partial charge in [0.05, 0.1) is 11.7 Å². The van der Waals surface area contributed by atoms with E-state index in [2.05, 4.69) is 5.32 Å². The predicted octanol–water partition coefficient (Wildman–Crippen LogP) is 1.71. The lowest BCUT2D eigenvalue weighted by atomic mass is 10.1. The fourth-order valence-corrected chi connectivity index (χ4v) is 2.20. The molecule has 2 N–H and O–H groups in total. The van der Waals surface area contributed by atoms with Gasteiger partial charge in [0, 0.05) is 24.8 Å². The van der Waals surface area contributed by atoms with Crippen LogP contribution in [0.25, 0.3) is 0 Å². The number of hydrogen-bond donors (Lipinski definition) is 2. The fourth-order valence-electron chi connectivity index (χ4n) is 2.20. The molecule has 18 heavy (non-hydrogen) atoms. The van der Waals surface area contributed by atoms with E-state index >= 15 is 0 Å². The molecule has 1 fully saturated rings. The van der Waals surface area contributed by atoms with Crippen molar-refractivity contribution in [3.05, 3.63) is 29.8 Å². The van der Waals surface area contributed by atoms with Crippen molar-refractivity contribution in [2.75, 3.05) is 18.4 Å². The number of hydrogen-bond acceptors (Lipinski definition) is 3. The molecule has 1 heterocycles. The Labute approximate surface area is 108 Å². The van der Waals surface area contributed by atoms with Crippen molar-refractivity contribution in [3.8, 4) is 0 Å². The van der Waals surface area contributed by atoms with Crippen LogP contribution < -0.4 is 5.32 Å². The highest BCUT2D eigenvalue weighted by atomic mass is 16.3. The van der Waals surface area contributed by atoms with Crippen LogP contribution in [0.2, 0.25) is 0 Å². The van der Waals surface area contributed by atoms with Crippen LogP contribution in [0.5, 0.6) is 0 Å². The monoisotopic (exact) mass is 248 g/mol. The summed E-state index contributed by atoms with van der Waals surface area (Å²) in [5, 5.41) is 12.8. The second kappa shape index (κ2) is 5.40. The second-order valence-electron chi connectivity index (χ2n) is 5.04. The lowest BCUT2D eigenvalue weighted by molar-refractivity contribution is 0.0766. The molecule has 1 aliphatic heterocycles. The van der Waals surface area contributed by atoms with Gasteiger partial charge in [0.2, 0.25) is 0 Å². The lowest BCUT2D eigenvalue weighted by Crippen LogP contribution is -2.30. The van der Waals surface area contributed by atoms with Gasteiger partial charge in [-0.3, -0.25) is 4.79 Å². The van der Waals surface area contributed by atoms with Crippen LogP contribution in [0, 0.1) is 0 Å². The van der Waals surface area contributed by atoms with Crippen molar-refractivity contribution in [3.63, 3.8) is 0 Å². The highest BCUT2D eigenvalue weighted by Gasteiger charge is 2.26. The molecule has 1 saturated heterocycles. The number of para-hydroxylation sites is 1. The number of rotatable bonds is 3. The molecule has 0 unspecified atom stereocenters. The minimum absolute atomic E-state index is 0.00435. The molecule has 1 aromatic carbocycles. The molecular formula is C14H20N2O2. The van der Waals surface area contributed by atoms with Gasteiger partial charge in [-0.05, 0) is 32.4 Å². The van der Waals surface area contributed by atoms with Crippen LogP contribution in [0.3, 0.4) is 0 Å². The van der Waals surface area contributed by atoms with Gasteiger partial charge in [-0.2, -0.15) is 0 Å². The first-order chi connectivity index (χ1) is 8.58. The van der Waals surface area contributed by atoms with E-state index in [1.807, 2.05) is 38.1 Å². The minimum Gasteiger partial charge on any atom is -0.391 e. The summed E-state index contributed by atoms with van der Waals surface area (Å²) in [5.74, 6) is -0.00435. The molecule has 4 nitrogen and oxygen atoms in total. The summed E-state index contributed by atoms with van der Waals surface area (Å²) in [5.41, 5.74) is 1.54. The van der Waals surface area contributed by atoms with Crippen LogP contribution in [0.1, 0.15) is 30.6 Å². The topological polar surface area (TPSA) is 52.6 Å². The van der Waals surface area contributed by atoms with E-state index < -0.39 is 0 Å².